The number of nitrogens with one attached hydrogen (secondary N) is 1. The summed E-state index contributed by atoms with van der Waals surface area (Å²) in [6.45, 7) is 0.711. The van der Waals surface area contributed by atoms with Gasteiger partial charge in [-0.15, -0.1) is 0 Å². The molecule has 21 heavy (non-hydrogen) atoms. The molecule has 0 unspecified atom stereocenters. The number of aliphatic hydroxyl groups excluding tert-OH is 1. The SMILES string of the molecule is COc1ccc(NCc2cc(Br)c(Br)o2)cc1OCCO. The van der Waals surface area contributed by atoms with Crippen LogP contribution in [-0.2, 0) is 6.54 Å². The number of ether oxygens (including phenoxy) is 2. The third kappa shape index (κ3) is 4.39. The molecule has 0 radical (unpaired) electrons. The first-order valence-electron chi connectivity index (χ1n) is 6.23. The molecular formula is C14H15Br2NO4. The van der Waals surface area contributed by atoms with E-state index in [1.54, 1.807) is 7.11 Å². The van der Waals surface area contributed by atoms with Crippen molar-refractivity contribution in [3.8, 4) is 11.5 Å². The van der Waals surface area contributed by atoms with Crippen LogP contribution >= 0.6 is 31.9 Å². The largest absolute Gasteiger partial charge is 0.493 e. The van der Waals surface area contributed by atoms with Gasteiger partial charge in [-0.1, -0.05) is 0 Å². The quantitative estimate of drug-likeness (QED) is 0.713. The smallest absolute Gasteiger partial charge is 0.183 e. The van der Waals surface area contributed by atoms with E-state index in [-0.39, 0.29) is 13.2 Å². The number of furan rings is 1. The molecule has 0 atom stereocenters. The lowest BCUT2D eigenvalue weighted by molar-refractivity contribution is 0.196. The molecule has 0 bridgehead atoms. The Hall–Kier alpha value is -1.18. The zero-order valence-electron chi connectivity index (χ0n) is 11.4. The van der Waals surface area contributed by atoms with Crippen molar-refractivity contribution in [2.45, 2.75) is 6.54 Å². The normalized spacial score (nSPS) is 10.5. The third-order valence-corrected chi connectivity index (χ3v) is 4.39. The van der Waals surface area contributed by atoms with Crippen LogP contribution in [0.3, 0.4) is 0 Å². The fourth-order valence-electron chi connectivity index (χ4n) is 1.72. The van der Waals surface area contributed by atoms with Gasteiger partial charge in [-0.25, -0.2) is 0 Å². The van der Waals surface area contributed by atoms with E-state index >= 15 is 0 Å². The summed E-state index contributed by atoms with van der Waals surface area (Å²) in [6.07, 6.45) is 0. The molecule has 0 saturated carbocycles. The van der Waals surface area contributed by atoms with Crippen LogP contribution in [0.5, 0.6) is 11.5 Å². The standard InChI is InChI=1S/C14H15Br2NO4/c1-19-12-3-2-9(6-13(12)20-5-4-18)17-8-10-7-11(15)14(16)21-10/h2-3,6-7,17-18H,4-5,8H2,1H3. The molecule has 0 amide bonds. The van der Waals surface area contributed by atoms with Crippen LogP contribution in [0.15, 0.2) is 37.8 Å². The molecule has 0 spiro atoms. The summed E-state index contributed by atoms with van der Waals surface area (Å²) in [5.74, 6) is 2.00. The molecule has 1 aromatic heterocycles. The van der Waals surface area contributed by atoms with Crippen LogP contribution in [0.4, 0.5) is 5.69 Å². The van der Waals surface area contributed by atoms with Gasteiger partial charge in [0.15, 0.2) is 16.2 Å². The molecule has 0 aliphatic carbocycles. The minimum Gasteiger partial charge on any atom is -0.493 e. The zero-order valence-corrected chi connectivity index (χ0v) is 14.5. The van der Waals surface area contributed by atoms with E-state index in [0.717, 1.165) is 15.9 Å². The number of benzene rings is 1. The summed E-state index contributed by atoms with van der Waals surface area (Å²) in [7, 11) is 1.58. The van der Waals surface area contributed by atoms with Crippen molar-refractivity contribution in [2.75, 3.05) is 25.6 Å². The maximum absolute atomic E-state index is 8.84. The van der Waals surface area contributed by atoms with Crippen molar-refractivity contribution in [3.63, 3.8) is 0 Å². The number of anilines is 1. The fraction of sp³-hybridized carbons (Fsp3) is 0.286. The molecule has 7 heteroatoms. The van der Waals surface area contributed by atoms with Crippen molar-refractivity contribution in [1.29, 1.82) is 0 Å². The number of hydrogen-bond acceptors (Lipinski definition) is 5. The highest BCUT2D eigenvalue weighted by atomic mass is 79.9. The van der Waals surface area contributed by atoms with Crippen molar-refractivity contribution < 1.29 is 19.0 Å². The maximum Gasteiger partial charge on any atom is 0.183 e. The van der Waals surface area contributed by atoms with Crippen LogP contribution in [0.25, 0.3) is 0 Å². The number of rotatable bonds is 7. The van der Waals surface area contributed by atoms with E-state index < -0.39 is 0 Å². The number of halogens is 2. The molecule has 1 heterocycles. The number of aliphatic hydroxyl groups is 1. The summed E-state index contributed by atoms with van der Waals surface area (Å²) in [5.41, 5.74) is 0.868. The molecule has 2 aromatic rings. The number of hydrogen-bond donors (Lipinski definition) is 2. The zero-order chi connectivity index (χ0) is 15.2. The van der Waals surface area contributed by atoms with Gasteiger partial charge in [0.1, 0.15) is 12.4 Å². The molecule has 0 saturated heterocycles. The van der Waals surface area contributed by atoms with Gasteiger partial charge in [-0.3, -0.25) is 0 Å². The summed E-state index contributed by atoms with van der Waals surface area (Å²) >= 11 is 6.67. The van der Waals surface area contributed by atoms with E-state index in [4.69, 9.17) is 19.0 Å². The Kier molecular flexibility index (Phi) is 5.96. The van der Waals surface area contributed by atoms with E-state index in [0.29, 0.717) is 22.7 Å². The van der Waals surface area contributed by atoms with E-state index in [1.165, 1.54) is 0 Å². The molecule has 0 fully saturated rings. The first-order chi connectivity index (χ1) is 10.1. The van der Waals surface area contributed by atoms with E-state index in [1.807, 2.05) is 24.3 Å². The molecule has 2 N–H and O–H groups in total. The van der Waals surface area contributed by atoms with Crippen molar-refractivity contribution in [1.82, 2.24) is 0 Å². The Morgan fingerprint density at radius 2 is 2.05 bits per heavy atom. The first-order valence-corrected chi connectivity index (χ1v) is 7.82. The summed E-state index contributed by atoms with van der Waals surface area (Å²) in [6, 6.07) is 7.41. The van der Waals surface area contributed by atoms with Gasteiger partial charge in [0.25, 0.3) is 0 Å². The summed E-state index contributed by atoms with van der Waals surface area (Å²) in [4.78, 5) is 0. The van der Waals surface area contributed by atoms with Crippen molar-refractivity contribution in [2.24, 2.45) is 0 Å². The van der Waals surface area contributed by atoms with Gasteiger partial charge in [-0.2, -0.15) is 0 Å². The average Bonchev–Trinajstić information content (AvgIpc) is 2.81. The van der Waals surface area contributed by atoms with Crippen LogP contribution in [0, 0.1) is 0 Å². The number of methoxy groups -OCH3 is 1. The highest BCUT2D eigenvalue weighted by Crippen LogP contribution is 2.31. The molecule has 2 rings (SSSR count). The predicted octanol–water partition coefficient (Wildman–Crippen LogP) is 3.80. The van der Waals surface area contributed by atoms with Crippen molar-refractivity contribution in [3.05, 3.63) is 39.2 Å². The van der Waals surface area contributed by atoms with Crippen LogP contribution in [0.1, 0.15) is 5.76 Å². The van der Waals surface area contributed by atoms with Crippen molar-refractivity contribution >= 4 is 37.5 Å². The first kappa shape index (κ1) is 16.2. The highest BCUT2D eigenvalue weighted by Gasteiger charge is 2.08. The molecule has 114 valence electrons. The topological polar surface area (TPSA) is 63.9 Å². The Morgan fingerprint density at radius 1 is 1.24 bits per heavy atom. The predicted molar refractivity (Wildman–Crippen MR) is 87.0 cm³/mol. The monoisotopic (exact) mass is 419 g/mol. The minimum atomic E-state index is -0.0464. The van der Waals surface area contributed by atoms with Gasteiger partial charge in [0, 0.05) is 11.8 Å². The van der Waals surface area contributed by atoms with Gasteiger partial charge in [-0.05, 0) is 50.1 Å². The lowest BCUT2D eigenvalue weighted by Crippen LogP contribution is -2.04. The van der Waals surface area contributed by atoms with Crippen LogP contribution in [0.2, 0.25) is 0 Å². The highest BCUT2D eigenvalue weighted by molar-refractivity contribution is 9.13. The second-order valence-electron chi connectivity index (χ2n) is 4.13. The molecule has 5 nitrogen and oxygen atoms in total. The Morgan fingerprint density at radius 3 is 2.67 bits per heavy atom. The maximum atomic E-state index is 8.84. The van der Waals surface area contributed by atoms with Gasteiger partial charge in [0.05, 0.1) is 24.7 Å². The Labute approximate surface area is 139 Å². The van der Waals surface area contributed by atoms with E-state index in [9.17, 15) is 0 Å². The molecule has 0 aliphatic heterocycles. The molecular weight excluding hydrogens is 406 g/mol. The second kappa shape index (κ2) is 7.72. The second-order valence-corrected chi connectivity index (χ2v) is 5.70. The van der Waals surface area contributed by atoms with Gasteiger partial charge >= 0.3 is 0 Å². The van der Waals surface area contributed by atoms with Crippen LogP contribution in [-0.4, -0.2) is 25.4 Å². The van der Waals surface area contributed by atoms with E-state index in [2.05, 4.69) is 37.2 Å². The Balaban J connectivity index is 2.05. The molecule has 1 aromatic carbocycles. The summed E-state index contributed by atoms with van der Waals surface area (Å²) < 4.78 is 17.7. The van der Waals surface area contributed by atoms with Gasteiger partial charge in [0.2, 0.25) is 0 Å². The fourth-order valence-corrected chi connectivity index (χ4v) is 2.38. The summed E-state index contributed by atoms with van der Waals surface area (Å²) in [5, 5.41) is 12.1. The Bertz CT molecular complexity index is 581. The third-order valence-electron chi connectivity index (χ3n) is 2.68. The lowest BCUT2D eigenvalue weighted by atomic mass is 10.2. The average molecular weight is 421 g/mol. The lowest BCUT2D eigenvalue weighted by Gasteiger charge is -2.12. The van der Waals surface area contributed by atoms with Crippen LogP contribution < -0.4 is 14.8 Å². The van der Waals surface area contributed by atoms with Gasteiger partial charge < -0.3 is 24.3 Å². The molecule has 0 aliphatic rings. The minimum absolute atomic E-state index is 0.0464.